The standard InChI is InChI=1S/C15H24N4OS/c1-11-3-2-6-19(8-11)9-13-10-21-15(17-13)18-14(20)12-4-5-16-7-12/h10-12,16H,2-9H2,1H3,(H,17,18,20). The Morgan fingerprint density at radius 1 is 1.57 bits per heavy atom. The average molecular weight is 308 g/mol. The molecule has 2 atom stereocenters. The summed E-state index contributed by atoms with van der Waals surface area (Å²) in [6, 6.07) is 0. The van der Waals surface area contributed by atoms with Gasteiger partial charge in [-0.25, -0.2) is 4.98 Å². The van der Waals surface area contributed by atoms with Gasteiger partial charge in [0.05, 0.1) is 11.6 Å². The van der Waals surface area contributed by atoms with Gasteiger partial charge in [0.15, 0.2) is 5.13 Å². The Kier molecular flexibility index (Phi) is 4.87. The highest BCUT2D eigenvalue weighted by atomic mass is 32.1. The normalized spacial score (nSPS) is 26.9. The van der Waals surface area contributed by atoms with Crippen LogP contribution >= 0.6 is 11.3 Å². The molecule has 0 aromatic carbocycles. The van der Waals surface area contributed by atoms with Crippen LogP contribution in [0.25, 0.3) is 0 Å². The molecule has 2 aliphatic heterocycles. The van der Waals surface area contributed by atoms with Gasteiger partial charge in [0, 0.05) is 25.0 Å². The number of piperidine rings is 1. The van der Waals surface area contributed by atoms with Crippen LogP contribution in [-0.4, -0.2) is 42.0 Å². The summed E-state index contributed by atoms with van der Waals surface area (Å²) in [5, 5.41) is 8.99. The molecule has 0 aliphatic carbocycles. The van der Waals surface area contributed by atoms with Crippen LogP contribution in [0.5, 0.6) is 0 Å². The Labute approximate surface area is 130 Å². The molecule has 116 valence electrons. The predicted octanol–water partition coefficient (Wildman–Crippen LogP) is 1.92. The minimum Gasteiger partial charge on any atom is -0.316 e. The summed E-state index contributed by atoms with van der Waals surface area (Å²) in [5.41, 5.74) is 1.08. The van der Waals surface area contributed by atoms with Crippen LogP contribution in [0.15, 0.2) is 5.38 Å². The maximum Gasteiger partial charge on any atom is 0.230 e. The van der Waals surface area contributed by atoms with E-state index in [0.29, 0.717) is 0 Å². The number of hydrogen-bond donors (Lipinski definition) is 2. The molecule has 0 saturated carbocycles. The van der Waals surface area contributed by atoms with Crippen molar-refractivity contribution in [3.63, 3.8) is 0 Å². The molecule has 3 rings (SSSR count). The summed E-state index contributed by atoms with van der Waals surface area (Å²) in [5.74, 6) is 0.985. The zero-order chi connectivity index (χ0) is 14.7. The fourth-order valence-electron chi connectivity index (χ4n) is 3.18. The SMILES string of the molecule is CC1CCCN(Cc2csc(NC(=O)C3CCNC3)n2)C1. The summed E-state index contributed by atoms with van der Waals surface area (Å²) >= 11 is 1.54. The van der Waals surface area contributed by atoms with E-state index < -0.39 is 0 Å². The summed E-state index contributed by atoms with van der Waals surface area (Å²) < 4.78 is 0. The second kappa shape index (κ2) is 6.85. The molecule has 0 bridgehead atoms. The van der Waals surface area contributed by atoms with Gasteiger partial charge < -0.3 is 10.6 Å². The molecule has 2 aliphatic rings. The number of likely N-dealkylation sites (tertiary alicyclic amines) is 1. The topological polar surface area (TPSA) is 57.3 Å². The quantitative estimate of drug-likeness (QED) is 0.892. The molecule has 6 heteroatoms. The molecule has 5 nitrogen and oxygen atoms in total. The van der Waals surface area contributed by atoms with Gasteiger partial charge in [0.2, 0.25) is 5.91 Å². The lowest BCUT2D eigenvalue weighted by Crippen LogP contribution is -2.33. The van der Waals surface area contributed by atoms with E-state index in [2.05, 4.69) is 32.8 Å². The van der Waals surface area contributed by atoms with Crippen LogP contribution in [-0.2, 0) is 11.3 Å². The zero-order valence-corrected chi connectivity index (χ0v) is 13.4. The number of nitrogens with zero attached hydrogens (tertiary/aromatic N) is 2. The number of anilines is 1. The van der Waals surface area contributed by atoms with E-state index in [-0.39, 0.29) is 11.8 Å². The maximum absolute atomic E-state index is 12.1. The van der Waals surface area contributed by atoms with Crippen LogP contribution < -0.4 is 10.6 Å². The van der Waals surface area contributed by atoms with E-state index >= 15 is 0 Å². The van der Waals surface area contributed by atoms with E-state index in [1.807, 2.05) is 0 Å². The number of nitrogens with one attached hydrogen (secondary N) is 2. The van der Waals surface area contributed by atoms with Crippen LogP contribution in [0.4, 0.5) is 5.13 Å². The number of rotatable bonds is 4. The van der Waals surface area contributed by atoms with Gasteiger partial charge in [-0.3, -0.25) is 9.69 Å². The largest absolute Gasteiger partial charge is 0.316 e. The van der Waals surface area contributed by atoms with Crippen molar-refractivity contribution in [1.82, 2.24) is 15.2 Å². The predicted molar refractivity (Wildman–Crippen MR) is 85.4 cm³/mol. The van der Waals surface area contributed by atoms with E-state index in [0.717, 1.165) is 55.9 Å². The van der Waals surface area contributed by atoms with Crippen molar-refractivity contribution in [2.24, 2.45) is 11.8 Å². The first-order valence-corrected chi connectivity index (χ1v) is 8.77. The van der Waals surface area contributed by atoms with Crippen molar-refractivity contribution >= 4 is 22.4 Å². The monoisotopic (exact) mass is 308 g/mol. The zero-order valence-electron chi connectivity index (χ0n) is 12.6. The van der Waals surface area contributed by atoms with Crippen molar-refractivity contribution < 1.29 is 4.79 Å². The molecular formula is C15H24N4OS. The van der Waals surface area contributed by atoms with Crippen molar-refractivity contribution in [3.8, 4) is 0 Å². The smallest absolute Gasteiger partial charge is 0.230 e. The Hall–Kier alpha value is -0.980. The Morgan fingerprint density at radius 2 is 2.48 bits per heavy atom. The molecule has 1 aromatic rings. The maximum atomic E-state index is 12.1. The van der Waals surface area contributed by atoms with Gasteiger partial charge in [-0.2, -0.15) is 0 Å². The van der Waals surface area contributed by atoms with E-state index in [1.165, 1.54) is 24.2 Å². The number of amides is 1. The van der Waals surface area contributed by atoms with Crippen LogP contribution in [0.2, 0.25) is 0 Å². The molecule has 2 N–H and O–H groups in total. The fraction of sp³-hybridized carbons (Fsp3) is 0.733. The number of carbonyl (C=O) groups excluding carboxylic acids is 1. The Bertz CT molecular complexity index is 484. The number of aromatic nitrogens is 1. The van der Waals surface area contributed by atoms with Crippen molar-refractivity contribution in [3.05, 3.63) is 11.1 Å². The van der Waals surface area contributed by atoms with Crippen molar-refractivity contribution in [2.45, 2.75) is 32.7 Å². The number of hydrogen-bond acceptors (Lipinski definition) is 5. The van der Waals surface area contributed by atoms with Gasteiger partial charge >= 0.3 is 0 Å². The minimum absolute atomic E-state index is 0.0975. The second-order valence-corrected chi connectivity index (χ2v) is 7.16. The summed E-state index contributed by atoms with van der Waals surface area (Å²) in [7, 11) is 0. The van der Waals surface area contributed by atoms with Crippen molar-refractivity contribution in [2.75, 3.05) is 31.5 Å². The van der Waals surface area contributed by atoms with Crippen molar-refractivity contribution in [1.29, 1.82) is 0 Å². The molecule has 2 unspecified atom stereocenters. The van der Waals surface area contributed by atoms with Gasteiger partial charge in [-0.15, -0.1) is 11.3 Å². The Balaban J connectivity index is 1.52. The van der Waals surface area contributed by atoms with E-state index in [1.54, 1.807) is 0 Å². The summed E-state index contributed by atoms with van der Waals surface area (Å²) in [4.78, 5) is 19.1. The average Bonchev–Trinajstić information content (AvgIpc) is 3.10. The third-order valence-corrected chi connectivity index (χ3v) is 5.15. The highest BCUT2D eigenvalue weighted by Crippen LogP contribution is 2.21. The number of carbonyl (C=O) groups is 1. The third kappa shape index (κ3) is 4.02. The highest BCUT2D eigenvalue weighted by molar-refractivity contribution is 7.13. The van der Waals surface area contributed by atoms with Crippen LogP contribution in [0, 0.1) is 11.8 Å². The third-order valence-electron chi connectivity index (χ3n) is 4.34. The lowest BCUT2D eigenvalue weighted by Gasteiger charge is -2.30. The molecule has 2 saturated heterocycles. The molecule has 1 amide bonds. The molecule has 0 spiro atoms. The van der Waals surface area contributed by atoms with Crippen LogP contribution in [0.3, 0.4) is 0 Å². The van der Waals surface area contributed by atoms with Crippen LogP contribution in [0.1, 0.15) is 31.9 Å². The van der Waals surface area contributed by atoms with Gasteiger partial charge in [0.25, 0.3) is 0 Å². The fourth-order valence-corrected chi connectivity index (χ4v) is 3.89. The van der Waals surface area contributed by atoms with Gasteiger partial charge in [-0.05, 0) is 38.3 Å². The molecule has 0 radical (unpaired) electrons. The summed E-state index contributed by atoms with van der Waals surface area (Å²) in [6.07, 6.45) is 3.55. The molecular weight excluding hydrogens is 284 g/mol. The highest BCUT2D eigenvalue weighted by Gasteiger charge is 2.23. The number of thiazole rings is 1. The molecule has 3 heterocycles. The first-order valence-electron chi connectivity index (χ1n) is 7.89. The van der Waals surface area contributed by atoms with E-state index in [4.69, 9.17) is 0 Å². The molecule has 1 aromatic heterocycles. The lowest BCUT2D eigenvalue weighted by molar-refractivity contribution is -0.119. The molecule has 2 fully saturated rings. The first-order chi connectivity index (χ1) is 10.2. The minimum atomic E-state index is 0.0975. The second-order valence-electron chi connectivity index (χ2n) is 6.31. The Morgan fingerprint density at radius 3 is 3.24 bits per heavy atom. The lowest BCUT2D eigenvalue weighted by atomic mass is 10.0. The first kappa shape index (κ1) is 14.9. The van der Waals surface area contributed by atoms with Gasteiger partial charge in [0.1, 0.15) is 0 Å². The molecule has 21 heavy (non-hydrogen) atoms. The summed E-state index contributed by atoms with van der Waals surface area (Å²) in [6.45, 7) is 7.27. The van der Waals surface area contributed by atoms with E-state index in [9.17, 15) is 4.79 Å². The van der Waals surface area contributed by atoms with Gasteiger partial charge in [-0.1, -0.05) is 6.92 Å².